The molecule has 2 N–H and O–H groups in total. The van der Waals surface area contributed by atoms with Crippen molar-refractivity contribution in [1.29, 1.82) is 0 Å². The Morgan fingerprint density at radius 2 is 1.77 bits per heavy atom. The van der Waals surface area contributed by atoms with E-state index in [0.29, 0.717) is 31.5 Å². The summed E-state index contributed by atoms with van der Waals surface area (Å²) >= 11 is 1.13. The van der Waals surface area contributed by atoms with Gasteiger partial charge in [0.05, 0.1) is 0 Å². The predicted octanol–water partition coefficient (Wildman–Crippen LogP) is 3.66. The molecule has 8 nitrogen and oxygen atoms in total. The number of hydrogen-bond acceptors (Lipinski definition) is 6. The minimum atomic E-state index is -0.545. The highest BCUT2D eigenvalue weighted by atomic mass is 32.1. The molecule has 1 saturated heterocycles. The molecule has 166 valence electrons. The lowest BCUT2D eigenvalue weighted by Crippen LogP contribution is -2.47. The van der Waals surface area contributed by atoms with Crippen LogP contribution < -0.4 is 10.6 Å². The molecule has 3 rings (SSSR count). The molecular formula is C21H25FN4O4S. The maximum Gasteiger partial charge on any atom is 0.410 e. The zero-order valence-corrected chi connectivity index (χ0v) is 18.4. The van der Waals surface area contributed by atoms with E-state index in [1.165, 1.54) is 24.3 Å². The maximum absolute atomic E-state index is 13.0. The Hall–Kier alpha value is -3.01. The fourth-order valence-corrected chi connectivity index (χ4v) is 3.68. The summed E-state index contributed by atoms with van der Waals surface area (Å²) in [6.45, 7) is 6.46. The Balaban J connectivity index is 1.48. The van der Waals surface area contributed by atoms with Gasteiger partial charge in [-0.1, -0.05) is 0 Å². The van der Waals surface area contributed by atoms with Crippen LogP contribution in [0.2, 0.25) is 0 Å². The van der Waals surface area contributed by atoms with Crippen LogP contribution in [0.15, 0.2) is 29.6 Å². The zero-order chi connectivity index (χ0) is 22.6. The summed E-state index contributed by atoms with van der Waals surface area (Å²) in [6, 6.07) is 5.06. The lowest BCUT2D eigenvalue weighted by atomic mass is 10.1. The molecule has 1 aromatic heterocycles. The van der Waals surface area contributed by atoms with Gasteiger partial charge >= 0.3 is 6.09 Å². The van der Waals surface area contributed by atoms with Crippen LogP contribution in [0.1, 0.15) is 54.5 Å². The second-order valence-corrected chi connectivity index (χ2v) is 9.07. The number of nitrogens with one attached hydrogen (secondary N) is 2. The van der Waals surface area contributed by atoms with Crippen LogP contribution in [0.4, 0.5) is 14.3 Å². The number of hydrogen-bond donors (Lipinski definition) is 2. The fraction of sp³-hybridized carbons (Fsp3) is 0.429. The lowest BCUT2D eigenvalue weighted by molar-refractivity contribution is 0.0199. The number of likely N-dealkylation sites (tertiary alicyclic amines) is 1. The van der Waals surface area contributed by atoms with E-state index in [4.69, 9.17) is 4.74 Å². The molecule has 10 heteroatoms. The fourth-order valence-electron chi connectivity index (χ4n) is 3.00. The average molecular weight is 449 g/mol. The van der Waals surface area contributed by atoms with Crippen LogP contribution in [0.25, 0.3) is 0 Å². The molecular weight excluding hydrogens is 423 g/mol. The molecule has 0 bridgehead atoms. The third-order valence-corrected chi connectivity index (χ3v) is 5.30. The topological polar surface area (TPSA) is 101 Å². The zero-order valence-electron chi connectivity index (χ0n) is 17.6. The van der Waals surface area contributed by atoms with Crippen LogP contribution >= 0.6 is 11.3 Å². The van der Waals surface area contributed by atoms with E-state index in [1.807, 2.05) is 20.8 Å². The highest BCUT2D eigenvalue weighted by Crippen LogP contribution is 2.19. The number of anilines is 1. The number of nitrogens with zero attached hydrogens (tertiary/aromatic N) is 2. The molecule has 0 unspecified atom stereocenters. The molecule has 0 spiro atoms. The molecule has 0 saturated carbocycles. The van der Waals surface area contributed by atoms with Crippen LogP contribution in [-0.2, 0) is 4.74 Å². The molecule has 0 atom stereocenters. The van der Waals surface area contributed by atoms with Crippen LogP contribution in [0.3, 0.4) is 0 Å². The molecule has 0 radical (unpaired) electrons. The van der Waals surface area contributed by atoms with Gasteiger partial charge in [0, 0.05) is 30.1 Å². The van der Waals surface area contributed by atoms with Crippen LogP contribution in [-0.4, -0.2) is 52.5 Å². The van der Waals surface area contributed by atoms with E-state index in [0.717, 1.165) is 11.3 Å². The van der Waals surface area contributed by atoms with Gasteiger partial charge in [-0.3, -0.25) is 14.9 Å². The quantitative estimate of drug-likeness (QED) is 0.743. The van der Waals surface area contributed by atoms with Crippen molar-refractivity contribution in [1.82, 2.24) is 15.2 Å². The van der Waals surface area contributed by atoms with Crippen molar-refractivity contribution in [3.05, 3.63) is 46.7 Å². The number of aromatic nitrogens is 1. The smallest absolute Gasteiger partial charge is 0.410 e. The molecule has 31 heavy (non-hydrogen) atoms. The number of halogens is 1. The standard InChI is InChI=1S/C21H25FN4O4S/c1-21(2,3)30-20(29)26-10-8-15(9-11-26)23-18(28)16-12-31-19(24-16)25-17(27)13-4-6-14(22)7-5-13/h4-7,12,15H,8-11H2,1-3H3,(H,23,28)(H,24,25,27). The van der Waals surface area contributed by atoms with E-state index in [2.05, 4.69) is 15.6 Å². The maximum atomic E-state index is 13.0. The van der Waals surface area contributed by atoms with E-state index >= 15 is 0 Å². The average Bonchev–Trinajstić information content (AvgIpc) is 3.16. The number of ether oxygens (including phenoxy) is 1. The minimum Gasteiger partial charge on any atom is -0.444 e. The van der Waals surface area contributed by atoms with Crippen molar-refractivity contribution in [3.63, 3.8) is 0 Å². The molecule has 2 heterocycles. The Kier molecular flexibility index (Phi) is 6.89. The Morgan fingerprint density at radius 3 is 2.39 bits per heavy atom. The number of thiazole rings is 1. The van der Waals surface area contributed by atoms with Gasteiger partial charge in [-0.2, -0.15) is 0 Å². The molecule has 1 aliphatic heterocycles. The first-order chi connectivity index (χ1) is 14.6. The lowest BCUT2D eigenvalue weighted by Gasteiger charge is -2.33. The molecule has 3 amide bonds. The van der Waals surface area contributed by atoms with Gasteiger partial charge < -0.3 is 15.0 Å². The SMILES string of the molecule is CC(C)(C)OC(=O)N1CCC(NC(=O)c2csc(NC(=O)c3ccc(F)cc3)n2)CC1. The van der Waals surface area contributed by atoms with E-state index in [1.54, 1.807) is 10.3 Å². The summed E-state index contributed by atoms with van der Waals surface area (Å²) in [5.41, 5.74) is -0.0512. The largest absolute Gasteiger partial charge is 0.444 e. The van der Waals surface area contributed by atoms with Gasteiger partial charge in [0.25, 0.3) is 11.8 Å². The summed E-state index contributed by atoms with van der Waals surface area (Å²) < 4.78 is 18.3. The normalized spacial score (nSPS) is 14.8. The number of amides is 3. The Morgan fingerprint density at radius 1 is 1.13 bits per heavy atom. The Labute approximate surface area is 183 Å². The van der Waals surface area contributed by atoms with Gasteiger partial charge in [0.2, 0.25) is 0 Å². The van der Waals surface area contributed by atoms with Gasteiger partial charge in [-0.15, -0.1) is 11.3 Å². The summed E-state index contributed by atoms with van der Waals surface area (Å²) in [7, 11) is 0. The van der Waals surface area contributed by atoms with Crippen LogP contribution in [0, 0.1) is 5.82 Å². The molecule has 1 aromatic carbocycles. The first-order valence-electron chi connectivity index (χ1n) is 9.92. The summed E-state index contributed by atoms with van der Waals surface area (Å²) in [6.07, 6.45) is 0.880. The number of carbonyl (C=O) groups excluding carboxylic acids is 3. The molecule has 1 fully saturated rings. The second-order valence-electron chi connectivity index (χ2n) is 8.21. The van der Waals surface area contributed by atoms with Crippen molar-refractivity contribution >= 4 is 34.4 Å². The molecule has 0 aliphatic carbocycles. The predicted molar refractivity (Wildman–Crippen MR) is 115 cm³/mol. The third-order valence-electron chi connectivity index (χ3n) is 4.55. The van der Waals surface area contributed by atoms with Crippen molar-refractivity contribution in [2.45, 2.75) is 45.3 Å². The first kappa shape index (κ1) is 22.7. The first-order valence-corrected chi connectivity index (χ1v) is 10.8. The van der Waals surface area contributed by atoms with Gasteiger partial charge in [0.1, 0.15) is 17.1 Å². The van der Waals surface area contributed by atoms with E-state index in [-0.39, 0.29) is 28.9 Å². The van der Waals surface area contributed by atoms with Crippen molar-refractivity contribution < 1.29 is 23.5 Å². The number of carbonyl (C=O) groups is 3. The number of rotatable bonds is 4. The number of benzene rings is 1. The van der Waals surface area contributed by atoms with Crippen molar-refractivity contribution in [3.8, 4) is 0 Å². The van der Waals surface area contributed by atoms with Crippen molar-refractivity contribution in [2.24, 2.45) is 0 Å². The molecule has 2 aromatic rings. The molecule has 1 aliphatic rings. The van der Waals surface area contributed by atoms with E-state index in [9.17, 15) is 18.8 Å². The van der Waals surface area contributed by atoms with Gasteiger partial charge in [-0.05, 0) is 57.9 Å². The van der Waals surface area contributed by atoms with Crippen molar-refractivity contribution in [2.75, 3.05) is 18.4 Å². The minimum absolute atomic E-state index is 0.0786. The summed E-state index contributed by atoms with van der Waals surface area (Å²) in [5.74, 6) is -1.20. The highest BCUT2D eigenvalue weighted by molar-refractivity contribution is 7.14. The monoisotopic (exact) mass is 448 g/mol. The second kappa shape index (κ2) is 9.42. The van der Waals surface area contributed by atoms with Crippen LogP contribution in [0.5, 0.6) is 0 Å². The Bertz CT molecular complexity index is 947. The van der Waals surface area contributed by atoms with Gasteiger partial charge in [-0.25, -0.2) is 14.2 Å². The number of piperidine rings is 1. The van der Waals surface area contributed by atoms with E-state index < -0.39 is 17.3 Å². The third kappa shape index (κ3) is 6.48. The summed E-state index contributed by atoms with van der Waals surface area (Å²) in [4.78, 5) is 42.6. The highest BCUT2D eigenvalue weighted by Gasteiger charge is 2.28. The summed E-state index contributed by atoms with van der Waals surface area (Å²) in [5, 5.41) is 7.36. The van der Waals surface area contributed by atoms with Gasteiger partial charge in [0.15, 0.2) is 5.13 Å².